The summed E-state index contributed by atoms with van der Waals surface area (Å²) in [6.45, 7) is 1.51. The van der Waals surface area contributed by atoms with Crippen LogP contribution in [0.25, 0.3) is 0 Å². The Kier molecular flexibility index (Phi) is 4.80. The largest absolute Gasteiger partial charge is 0.365 e. The van der Waals surface area contributed by atoms with Gasteiger partial charge < -0.3 is 5.11 Å². The SMILES string of the molecule is CN(C)[C@]1(c2ccccc2)CC[C@]2(CC1)CNC(O)N2CC1(C#N)CCC1. The van der Waals surface area contributed by atoms with E-state index in [0.29, 0.717) is 6.54 Å². The molecule has 0 amide bonds. The van der Waals surface area contributed by atoms with Gasteiger partial charge in [-0.3, -0.25) is 15.1 Å². The van der Waals surface area contributed by atoms with E-state index >= 15 is 0 Å². The van der Waals surface area contributed by atoms with Gasteiger partial charge in [0.05, 0.1) is 11.5 Å². The quantitative estimate of drug-likeness (QED) is 0.855. The van der Waals surface area contributed by atoms with Crippen LogP contribution < -0.4 is 5.32 Å². The van der Waals surface area contributed by atoms with Gasteiger partial charge >= 0.3 is 0 Å². The van der Waals surface area contributed by atoms with Crippen LogP contribution in [-0.2, 0) is 5.54 Å². The summed E-state index contributed by atoms with van der Waals surface area (Å²) in [4.78, 5) is 4.60. The summed E-state index contributed by atoms with van der Waals surface area (Å²) in [5, 5.41) is 23.6. The summed E-state index contributed by atoms with van der Waals surface area (Å²) in [6, 6.07) is 13.4. The van der Waals surface area contributed by atoms with Crippen molar-refractivity contribution < 1.29 is 5.11 Å². The molecule has 1 atom stereocenters. The van der Waals surface area contributed by atoms with E-state index in [1.54, 1.807) is 0 Å². The second-order valence-electron chi connectivity index (χ2n) is 9.14. The number of aliphatic hydroxyl groups excluding tert-OH is 1. The molecule has 4 rings (SSSR count). The summed E-state index contributed by atoms with van der Waals surface area (Å²) in [5.74, 6) is 0. The van der Waals surface area contributed by atoms with Crippen molar-refractivity contribution in [1.29, 1.82) is 5.26 Å². The molecule has 1 aliphatic heterocycles. The number of hydrogen-bond acceptors (Lipinski definition) is 5. The Morgan fingerprint density at radius 2 is 1.81 bits per heavy atom. The molecule has 27 heavy (non-hydrogen) atoms. The first kappa shape index (κ1) is 18.9. The second kappa shape index (κ2) is 6.86. The van der Waals surface area contributed by atoms with Crippen LogP contribution in [0.4, 0.5) is 0 Å². The molecule has 5 heteroatoms. The van der Waals surface area contributed by atoms with Crippen molar-refractivity contribution in [3.8, 4) is 6.07 Å². The number of nitriles is 1. The van der Waals surface area contributed by atoms with Gasteiger partial charge in [-0.15, -0.1) is 0 Å². The van der Waals surface area contributed by atoms with Crippen molar-refractivity contribution in [3.63, 3.8) is 0 Å². The topological polar surface area (TPSA) is 62.5 Å². The molecule has 1 unspecified atom stereocenters. The molecule has 3 aliphatic rings. The van der Waals surface area contributed by atoms with Gasteiger partial charge in [-0.05, 0) is 58.2 Å². The average molecular weight is 369 g/mol. The molecular formula is C22H32N4O. The monoisotopic (exact) mass is 368 g/mol. The predicted octanol–water partition coefficient (Wildman–Crippen LogP) is 2.63. The van der Waals surface area contributed by atoms with Crippen molar-refractivity contribution >= 4 is 0 Å². The lowest BCUT2D eigenvalue weighted by Gasteiger charge is -2.53. The summed E-state index contributed by atoms with van der Waals surface area (Å²) in [7, 11) is 4.37. The molecule has 1 spiro atoms. The van der Waals surface area contributed by atoms with E-state index in [1.807, 2.05) is 0 Å². The molecule has 2 aliphatic carbocycles. The number of rotatable bonds is 4. The molecule has 1 saturated heterocycles. The minimum atomic E-state index is -0.626. The third kappa shape index (κ3) is 3.00. The number of hydrogen-bond donors (Lipinski definition) is 2. The predicted molar refractivity (Wildman–Crippen MR) is 106 cm³/mol. The maximum Gasteiger partial charge on any atom is 0.163 e. The van der Waals surface area contributed by atoms with Gasteiger partial charge in [0.15, 0.2) is 6.35 Å². The van der Waals surface area contributed by atoms with Crippen molar-refractivity contribution in [3.05, 3.63) is 35.9 Å². The Bertz CT molecular complexity index is 699. The maximum absolute atomic E-state index is 10.6. The van der Waals surface area contributed by atoms with Crippen LogP contribution in [-0.4, -0.2) is 54.0 Å². The van der Waals surface area contributed by atoms with E-state index in [1.165, 1.54) is 5.56 Å². The molecule has 1 heterocycles. The normalized spacial score (nSPS) is 35.9. The van der Waals surface area contributed by atoms with E-state index in [2.05, 4.69) is 65.6 Å². The van der Waals surface area contributed by atoms with Crippen LogP contribution in [0.3, 0.4) is 0 Å². The van der Waals surface area contributed by atoms with E-state index in [9.17, 15) is 10.4 Å². The molecule has 0 radical (unpaired) electrons. The zero-order chi connectivity index (χ0) is 19.1. The van der Waals surface area contributed by atoms with Crippen molar-refractivity contribution in [1.82, 2.24) is 15.1 Å². The van der Waals surface area contributed by atoms with E-state index in [4.69, 9.17) is 0 Å². The van der Waals surface area contributed by atoms with Gasteiger partial charge in [0, 0.05) is 24.2 Å². The molecule has 0 aromatic heterocycles. The zero-order valence-corrected chi connectivity index (χ0v) is 16.6. The third-order valence-corrected chi connectivity index (χ3v) is 7.71. The van der Waals surface area contributed by atoms with Gasteiger partial charge in [-0.1, -0.05) is 36.8 Å². The number of nitrogens with one attached hydrogen (secondary N) is 1. The molecule has 2 N–H and O–H groups in total. The third-order valence-electron chi connectivity index (χ3n) is 7.71. The summed E-state index contributed by atoms with van der Waals surface area (Å²) < 4.78 is 0. The van der Waals surface area contributed by atoms with Gasteiger partial charge in [-0.25, -0.2) is 0 Å². The Morgan fingerprint density at radius 1 is 1.15 bits per heavy atom. The van der Waals surface area contributed by atoms with Crippen LogP contribution in [0.5, 0.6) is 0 Å². The van der Waals surface area contributed by atoms with E-state index in [-0.39, 0.29) is 16.5 Å². The first-order valence-corrected chi connectivity index (χ1v) is 10.3. The second-order valence-corrected chi connectivity index (χ2v) is 9.14. The summed E-state index contributed by atoms with van der Waals surface area (Å²) in [6.07, 6.45) is 6.64. The molecule has 1 aromatic rings. The van der Waals surface area contributed by atoms with Gasteiger partial charge in [-0.2, -0.15) is 5.26 Å². The Balaban J connectivity index is 1.56. The lowest BCUT2D eigenvalue weighted by atomic mass is 9.66. The molecule has 146 valence electrons. The first-order chi connectivity index (χ1) is 13.0. The lowest BCUT2D eigenvalue weighted by Crippen LogP contribution is -2.58. The fourth-order valence-corrected chi connectivity index (χ4v) is 5.58. The number of aliphatic hydroxyl groups is 1. The van der Waals surface area contributed by atoms with Crippen LogP contribution in [0.15, 0.2) is 30.3 Å². The molecule has 2 saturated carbocycles. The zero-order valence-electron chi connectivity index (χ0n) is 16.6. The molecule has 3 fully saturated rings. The Labute approximate surface area is 163 Å². The van der Waals surface area contributed by atoms with Crippen LogP contribution in [0.2, 0.25) is 0 Å². The van der Waals surface area contributed by atoms with Crippen molar-refractivity contribution in [2.45, 2.75) is 62.4 Å². The summed E-state index contributed by atoms with van der Waals surface area (Å²) >= 11 is 0. The van der Waals surface area contributed by atoms with Gasteiger partial charge in [0.2, 0.25) is 0 Å². The van der Waals surface area contributed by atoms with E-state index in [0.717, 1.165) is 51.5 Å². The van der Waals surface area contributed by atoms with E-state index < -0.39 is 6.35 Å². The van der Waals surface area contributed by atoms with Crippen molar-refractivity contribution in [2.24, 2.45) is 5.41 Å². The molecular weight excluding hydrogens is 336 g/mol. The molecule has 0 bridgehead atoms. The highest BCUT2D eigenvalue weighted by molar-refractivity contribution is 5.27. The lowest BCUT2D eigenvalue weighted by molar-refractivity contribution is -0.0809. The summed E-state index contributed by atoms with van der Waals surface area (Å²) in [5.41, 5.74) is 1.15. The highest BCUT2D eigenvalue weighted by Gasteiger charge is 2.54. The highest BCUT2D eigenvalue weighted by atomic mass is 16.3. The number of nitrogens with zero attached hydrogens (tertiary/aromatic N) is 3. The van der Waals surface area contributed by atoms with Crippen LogP contribution in [0, 0.1) is 16.7 Å². The van der Waals surface area contributed by atoms with Gasteiger partial charge in [0.1, 0.15) is 0 Å². The van der Waals surface area contributed by atoms with Crippen LogP contribution in [0.1, 0.15) is 50.5 Å². The Hall–Kier alpha value is -1.45. The number of benzene rings is 1. The highest BCUT2D eigenvalue weighted by Crippen LogP contribution is 2.50. The maximum atomic E-state index is 10.6. The van der Waals surface area contributed by atoms with Crippen molar-refractivity contribution in [2.75, 3.05) is 27.2 Å². The fraction of sp³-hybridized carbons (Fsp3) is 0.682. The van der Waals surface area contributed by atoms with Gasteiger partial charge in [0.25, 0.3) is 0 Å². The smallest absolute Gasteiger partial charge is 0.163 e. The minimum absolute atomic E-state index is 0.0346. The molecule has 1 aromatic carbocycles. The first-order valence-electron chi connectivity index (χ1n) is 10.3. The fourth-order valence-electron chi connectivity index (χ4n) is 5.58. The Morgan fingerprint density at radius 3 is 2.33 bits per heavy atom. The van der Waals surface area contributed by atoms with Crippen LogP contribution >= 0.6 is 0 Å². The minimum Gasteiger partial charge on any atom is -0.365 e. The molecule has 5 nitrogen and oxygen atoms in total. The average Bonchev–Trinajstić information content (AvgIpc) is 2.95. The standard InChI is InChI=1S/C22H32N4O/c1-25(2)22(18-7-4-3-5-8-18)13-11-21(12-14-22)16-24-19(27)26(21)17-20(15-23)9-6-10-20/h3-5,7-8,19,24,27H,6,9-14,16-17H2,1-2H3/t19?,21-,22+.